The molecule has 0 bridgehead atoms. The summed E-state index contributed by atoms with van der Waals surface area (Å²) in [4.78, 5) is 2.83. The van der Waals surface area contributed by atoms with E-state index in [4.69, 9.17) is 13.7 Å². The van der Waals surface area contributed by atoms with Crippen molar-refractivity contribution >= 4 is 21.8 Å². The lowest BCUT2D eigenvalue weighted by atomic mass is 9.79. The van der Waals surface area contributed by atoms with Crippen molar-refractivity contribution in [1.82, 2.24) is 4.98 Å². The van der Waals surface area contributed by atoms with E-state index in [1.165, 1.54) is 0 Å². The molecule has 0 amide bonds. The Morgan fingerprint density at radius 3 is 1.85 bits per heavy atom. The van der Waals surface area contributed by atoms with Crippen LogP contribution in [0.15, 0.2) is 60.4 Å². The Labute approximate surface area is 176 Å². The molecular weight excluding hydrogens is 326 g/mol. The third-order valence-corrected chi connectivity index (χ3v) is 4.50. The summed E-state index contributed by atoms with van der Waals surface area (Å²) >= 11 is 0. The van der Waals surface area contributed by atoms with E-state index in [2.05, 4.69) is 4.98 Å². The Morgan fingerprint density at radius 1 is 0.630 bits per heavy atom. The third-order valence-electron chi connectivity index (χ3n) is 4.50. The molecular formula is C26H29N. The van der Waals surface area contributed by atoms with Crippen molar-refractivity contribution < 1.29 is 13.7 Å². The second kappa shape index (κ2) is 5.99. The van der Waals surface area contributed by atoms with E-state index < -0.39 is 29.0 Å². The highest BCUT2D eigenvalue weighted by atomic mass is 14.7. The van der Waals surface area contributed by atoms with E-state index in [9.17, 15) is 0 Å². The van der Waals surface area contributed by atoms with Gasteiger partial charge in [0.05, 0.1) is 13.7 Å². The van der Waals surface area contributed by atoms with Crippen molar-refractivity contribution in [2.45, 2.75) is 52.4 Å². The maximum atomic E-state index is 9.11. The van der Waals surface area contributed by atoms with Crippen LogP contribution in [-0.4, -0.2) is 4.98 Å². The molecule has 0 saturated carbocycles. The summed E-state index contributed by atoms with van der Waals surface area (Å²) in [5, 5.41) is 0.0735. The Morgan fingerprint density at radius 2 is 1.22 bits per heavy atom. The Bertz CT molecular complexity index is 1590. The summed E-state index contributed by atoms with van der Waals surface area (Å²) in [7, 11) is 0. The number of nitrogens with one attached hydrogen (secondary N) is 1. The van der Waals surface area contributed by atoms with E-state index >= 15 is 0 Å². The largest absolute Gasteiger partial charge is 0.355 e. The molecule has 0 aliphatic rings. The van der Waals surface area contributed by atoms with Crippen LogP contribution in [0.1, 0.15) is 66.4 Å². The van der Waals surface area contributed by atoms with Crippen molar-refractivity contribution in [3.63, 3.8) is 0 Å². The molecule has 138 valence electrons. The summed E-state index contributed by atoms with van der Waals surface area (Å²) in [6.45, 7) is 11.1. The predicted molar refractivity (Wildman–Crippen MR) is 119 cm³/mol. The number of fused-ring (bicyclic) bond motifs is 3. The molecule has 0 saturated heterocycles. The van der Waals surface area contributed by atoms with Gasteiger partial charge in [0.2, 0.25) is 0 Å². The fourth-order valence-electron chi connectivity index (χ4n) is 2.88. The summed E-state index contributed by atoms with van der Waals surface area (Å²) in [5.74, 6) is 0. The molecule has 1 heteroatoms. The van der Waals surface area contributed by atoms with Gasteiger partial charge >= 0.3 is 0 Å². The summed E-state index contributed by atoms with van der Waals surface area (Å²) in [6.07, 6.45) is 0. The zero-order valence-corrected chi connectivity index (χ0v) is 16.5. The van der Waals surface area contributed by atoms with Gasteiger partial charge in [-0.15, -0.1) is 0 Å². The first-order valence-corrected chi connectivity index (χ1v) is 9.00. The molecule has 0 spiro atoms. The average molecular weight is 366 g/mol. The number of H-pyrrole nitrogens is 1. The van der Waals surface area contributed by atoms with Gasteiger partial charge in [-0.1, -0.05) is 83.8 Å². The molecule has 3 aromatic carbocycles. The molecule has 0 aliphatic carbocycles. The van der Waals surface area contributed by atoms with Gasteiger partial charge in [0.25, 0.3) is 0 Å². The highest BCUT2D eigenvalue weighted by Gasteiger charge is 2.21. The minimum atomic E-state index is -0.658. The van der Waals surface area contributed by atoms with Crippen molar-refractivity contribution in [1.29, 1.82) is 0 Å². The molecule has 0 radical (unpaired) electrons. The van der Waals surface area contributed by atoms with E-state index in [0.29, 0.717) is 11.1 Å². The van der Waals surface area contributed by atoms with Gasteiger partial charge < -0.3 is 4.98 Å². The maximum absolute atomic E-state index is 9.11. The first kappa shape index (κ1) is 9.59. The van der Waals surface area contributed by atoms with Crippen LogP contribution in [0.2, 0.25) is 0 Å². The molecule has 4 aromatic rings. The molecule has 0 fully saturated rings. The van der Waals surface area contributed by atoms with E-state index in [-0.39, 0.29) is 75.2 Å². The van der Waals surface area contributed by atoms with Crippen LogP contribution >= 0.6 is 0 Å². The quantitative estimate of drug-likeness (QED) is 0.358. The summed E-state index contributed by atoms with van der Waals surface area (Å²) in [6, 6.07) is -2.91. The van der Waals surface area contributed by atoms with Crippen LogP contribution in [0.25, 0.3) is 32.9 Å². The number of aromatic nitrogens is 1. The predicted octanol–water partition coefficient (Wildman–Crippen LogP) is 7.58. The minimum absolute atomic E-state index is 0.0218. The standard InChI is InChI=1S/C26H29N/c1-25(2,3)19-13-18(14-20(16-19)26(4,5)6)17-11-12-24-22(15-17)21-9-7-8-10-23(21)27-24/h7-16,27H,1-6H3/i7D,8D,9D,10D,11D,12D,13D,14D,15D,16D. The van der Waals surface area contributed by atoms with Gasteiger partial charge in [0.1, 0.15) is 0 Å². The monoisotopic (exact) mass is 365 g/mol. The van der Waals surface area contributed by atoms with Gasteiger partial charge in [-0.25, -0.2) is 0 Å². The SMILES string of the molecule is [2H]c1c(-c2c([2H])c([2H])c3[nH]c4c([2H])c([2H])c([2H])c([2H])c4c3c2[2H])c([2H])c(C(C)(C)C)c([2H])c1C(C)(C)C. The van der Waals surface area contributed by atoms with Crippen molar-refractivity contribution in [2.75, 3.05) is 0 Å². The lowest BCUT2D eigenvalue weighted by molar-refractivity contribution is 0.569. The number of aromatic amines is 1. The van der Waals surface area contributed by atoms with Gasteiger partial charge in [0, 0.05) is 21.8 Å². The molecule has 0 aliphatic heterocycles. The van der Waals surface area contributed by atoms with Crippen molar-refractivity contribution in [2.24, 2.45) is 0 Å². The maximum Gasteiger partial charge on any atom is 0.0645 e. The molecule has 1 nitrogen and oxygen atoms in total. The second-order valence-electron chi connectivity index (χ2n) is 8.88. The Balaban J connectivity index is 2.33. The smallest absolute Gasteiger partial charge is 0.0645 e. The van der Waals surface area contributed by atoms with Crippen LogP contribution < -0.4 is 0 Å². The number of hydrogen-bond acceptors (Lipinski definition) is 0. The van der Waals surface area contributed by atoms with Crippen molar-refractivity contribution in [3.05, 3.63) is 71.6 Å². The zero-order chi connectivity index (χ0) is 28.1. The highest BCUT2D eigenvalue weighted by molar-refractivity contribution is 6.08. The van der Waals surface area contributed by atoms with Gasteiger partial charge in [-0.05, 0) is 51.2 Å². The van der Waals surface area contributed by atoms with Gasteiger partial charge in [-0.3, -0.25) is 0 Å². The Kier molecular flexibility index (Phi) is 2.13. The first-order valence-electron chi connectivity index (χ1n) is 14.0. The van der Waals surface area contributed by atoms with Crippen LogP contribution in [0.4, 0.5) is 0 Å². The normalized spacial score (nSPS) is 18.0. The number of benzene rings is 3. The number of rotatable bonds is 1. The van der Waals surface area contributed by atoms with Crippen LogP contribution in [0.5, 0.6) is 0 Å². The lowest BCUT2D eigenvalue weighted by Gasteiger charge is -2.26. The Hall–Kier alpha value is -2.54. The van der Waals surface area contributed by atoms with Gasteiger partial charge in [0.15, 0.2) is 0 Å². The van der Waals surface area contributed by atoms with Crippen molar-refractivity contribution in [3.8, 4) is 11.1 Å². The zero-order valence-electron chi connectivity index (χ0n) is 26.5. The summed E-state index contributed by atoms with van der Waals surface area (Å²) < 4.78 is 86.5. The molecule has 0 unspecified atom stereocenters. The molecule has 27 heavy (non-hydrogen) atoms. The molecule has 1 N–H and O–H groups in total. The van der Waals surface area contributed by atoms with Crippen LogP contribution in [-0.2, 0) is 10.8 Å². The molecule has 1 aromatic heterocycles. The fraction of sp³-hybridized carbons (Fsp3) is 0.308. The molecule has 1 heterocycles. The molecule has 4 rings (SSSR count). The number of para-hydroxylation sites is 1. The van der Waals surface area contributed by atoms with E-state index in [1.807, 2.05) is 41.5 Å². The highest BCUT2D eigenvalue weighted by Crippen LogP contribution is 2.36. The van der Waals surface area contributed by atoms with Crippen LogP contribution in [0, 0.1) is 0 Å². The topological polar surface area (TPSA) is 15.8 Å². The minimum Gasteiger partial charge on any atom is -0.355 e. The summed E-state index contributed by atoms with van der Waals surface area (Å²) in [5.41, 5.74) is -0.663. The number of hydrogen-bond donors (Lipinski definition) is 1. The average Bonchev–Trinajstić information content (AvgIpc) is 3.16. The van der Waals surface area contributed by atoms with E-state index in [1.54, 1.807) is 0 Å². The second-order valence-corrected chi connectivity index (χ2v) is 8.88. The lowest BCUT2D eigenvalue weighted by Crippen LogP contribution is -2.16. The molecule has 0 atom stereocenters. The third kappa shape index (κ3) is 3.27. The van der Waals surface area contributed by atoms with Gasteiger partial charge in [-0.2, -0.15) is 0 Å². The van der Waals surface area contributed by atoms with Crippen LogP contribution in [0.3, 0.4) is 0 Å². The van der Waals surface area contributed by atoms with E-state index in [0.717, 1.165) is 0 Å². The first-order chi connectivity index (χ1) is 16.8. The fourth-order valence-corrected chi connectivity index (χ4v) is 2.88.